The highest BCUT2D eigenvalue weighted by Gasteiger charge is 2.48. The molecule has 1 aliphatic rings. The third-order valence-corrected chi connectivity index (χ3v) is 5.32. The van der Waals surface area contributed by atoms with Gasteiger partial charge in [-0.2, -0.15) is 18.3 Å². The van der Waals surface area contributed by atoms with Crippen LogP contribution < -0.4 is 11.2 Å². The lowest BCUT2D eigenvalue weighted by Gasteiger charge is -2.25. The van der Waals surface area contributed by atoms with Gasteiger partial charge in [-0.25, -0.2) is 9.48 Å². The fourth-order valence-electron chi connectivity index (χ4n) is 3.61. The average molecular weight is 394 g/mol. The summed E-state index contributed by atoms with van der Waals surface area (Å²) in [6.45, 7) is 1.45. The van der Waals surface area contributed by atoms with Crippen LogP contribution in [-0.2, 0) is 12.8 Å². The third kappa shape index (κ3) is 2.93. The number of aromatic nitrogens is 4. The maximum absolute atomic E-state index is 12.9. The molecule has 0 aliphatic heterocycles. The molecule has 1 atom stereocenters. The normalized spacial score (nSPS) is 17.0. The molecule has 0 spiro atoms. The number of benzene rings is 1. The fourth-order valence-corrected chi connectivity index (χ4v) is 3.61. The molecule has 0 radical (unpaired) electrons. The molecular weight excluding hydrogens is 377 g/mol. The van der Waals surface area contributed by atoms with Crippen LogP contribution in [-0.4, -0.2) is 24.9 Å². The maximum Gasteiger partial charge on any atom is 0.416 e. The van der Waals surface area contributed by atoms with E-state index in [0.717, 1.165) is 25.0 Å². The minimum atomic E-state index is -4.45. The average Bonchev–Trinajstić information content (AvgIpc) is 3.25. The minimum Gasteiger partial charge on any atom is -0.390 e. The van der Waals surface area contributed by atoms with Crippen molar-refractivity contribution in [1.29, 1.82) is 0 Å². The van der Waals surface area contributed by atoms with E-state index in [-0.39, 0.29) is 22.1 Å². The Kier molecular flexibility index (Phi) is 4.00. The van der Waals surface area contributed by atoms with Gasteiger partial charge in [0.2, 0.25) is 0 Å². The topological polar surface area (TPSA) is 104 Å². The van der Waals surface area contributed by atoms with Crippen molar-refractivity contribution < 1.29 is 18.3 Å². The van der Waals surface area contributed by atoms with Crippen LogP contribution in [0, 0.1) is 5.41 Å². The summed E-state index contributed by atoms with van der Waals surface area (Å²) in [5.74, 6) is 0. The monoisotopic (exact) mass is 394 g/mol. The Morgan fingerprint density at radius 3 is 2.39 bits per heavy atom. The molecule has 2 heterocycles. The second-order valence-corrected chi connectivity index (χ2v) is 7.36. The summed E-state index contributed by atoms with van der Waals surface area (Å²) in [5, 5.41) is 14.0. The number of rotatable bonds is 4. The lowest BCUT2D eigenvalue weighted by molar-refractivity contribution is -0.137. The van der Waals surface area contributed by atoms with E-state index in [0.29, 0.717) is 5.56 Å². The number of hydrogen-bond acceptors (Lipinski definition) is 4. The Bertz CT molecular complexity index is 1150. The van der Waals surface area contributed by atoms with Crippen molar-refractivity contribution in [3.63, 3.8) is 0 Å². The lowest BCUT2D eigenvalue weighted by atomic mass is 9.91. The van der Waals surface area contributed by atoms with E-state index >= 15 is 0 Å². The van der Waals surface area contributed by atoms with Crippen molar-refractivity contribution >= 4 is 11.0 Å². The molecule has 3 aromatic rings. The van der Waals surface area contributed by atoms with Crippen LogP contribution in [0.15, 0.2) is 33.9 Å². The predicted molar refractivity (Wildman–Crippen MR) is 93.8 cm³/mol. The molecule has 0 saturated heterocycles. The smallest absolute Gasteiger partial charge is 0.390 e. The van der Waals surface area contributed by atoms with Gasteiger partial charge in [-0.3, -0.25) is 14.8 Å². The minimum absolute atomic E-state index is 0.0586. The number of aliphatic hydroxyl groups is 1. The Labute approximate surface area is 155 Å². The van der Waals surface area contributed by atoms with Crippen LogP contribution in [0.5, 0.6) is 0 Å². The second-order valence-electron chi connectivity index (χ2n) is 7.36. The van der Waals surface area contributed by atoms with Gasteiger partial charge in [-0.15, -0.1) is 0 Å². The molecule has 28 heavy (non-hydrogen) atoms. The van der Waals surface area contributed by atoms with E-state index in [4.69, 9.17) is 0 Å². The Hall–Kier alpha value is -2.88. The molecule has 0 amide bonds. The number of H-pyrrole nitrogens is 2. The summed E-state index contributed by atoms with van der Waals surface area (Å²) < 4.78 is 40.2. The van der Waals surface area contributed by atoms with E-state index in [1.807, 2.05) is 6.92 Å². The van der Waals surface area contributed by atoms with Crippen molar-refractivity contribution in [3.05, 3.63) is 61.9 Å². The number of aromatic amines is 2. The van der Waals surface area contributed by atoms with Crippen molar-refractivity contribution in [2.24, 2.45) is 5.41 Å². The zero-order valence-corrected chi connectivity index (χ0v) is 14.8. The first-order chi connectivity index (χ1) is 13.1. The highest BCUT2D eigenvalue weighted by atomic mass is 19.4. The number of aliphatic hydroxyl groups excluding tert-OH is 1. The molecule has 148 valence electrons. The maximum atomic E-state index is 12.9. The molecule has 1 aliphatic carbocycles. The third-order valence-electron chi connectivity index (χ3n) is 5.32. The first-order valence-electron chi connectivity index (χ1n) is 8.66. The van der Waals surface area contributed by atoms with Crippen LogP contribution >= 0.6 is 0 Å². The number of halogens is 3. The molecule has 1 unspecified atom stereocenters. The summed E-state index contributed by atoms with van der Waals surface area (Å²) in [6, 6.07) is 4.27. The largest absolute Gasteiger partial charge is 0.416 e. The van der Waals surface area contributed by atoms with Gasteiger partial charge < -0.3 is 5.11 Å². The van der Waals surface area contributed by atoms with Gasteiger partial charge in [0, 0.05) is 0 Å². The Morgan fingerprint density at radius 2 is 1.86 bits per heavy atom. The Balaban J connectivity index is 1.93. The van der Waals surface area contributed by atoms with E-state index in [1.54, 1.807) is 0 Å². The van der Waals surface area contributed by atoms with Crippen LogP contribution in [0.4, 0.5) is 13.2 Å². The number of alkyl halides is 3. The van der Waals surface area contributed by atoms with Crippen LogP contribution in [0.3, 0.4) is 0 Å². The van der Waals surface area contributed by atoms with Gasteiger partial charge >= 0.3 is 11.9 Å². The summed E-state index contributed by atoms with van der Waals surface area (Å²) in [6.07, 6.45) is -2.83. The highest BCUT2D eigenvalue weighted by molar-refractivity contribution is 5.77. The van der Waals surface area contributed by atoms with E-state index < -0.39 is 35.6 Å². The van der Waals surface area contributed by atoms with Gasteiger partial charge in [-0.05, 0) is 36.0 Å². The van der Waals surface area contributed by atoms with Gasteiger partial charge in [0.1, 0.15) is 16.7 Å². The molecule has 7 nitrogen and oxygen atoms in total. The van der Waals surface area contributed by atoms with Gasteiger partial charge in [0.05, 0.1) is 18.2 Å². The SMILES string of the molecule is CC1(C(c2ccc(C(F)(F)F)cc2)n2nc(CO)c3c(=O)[nH]c(=O)[nH]c32)CC1. The zero-order valence-electron chi connectivity index (χ0n) is 14.8. The van der Waals surface area contributed by atoms with Crippen molar-refractivity contribution in [1.82, 2.24) is 19.7 Å². The summed E-state index contributed by atoms with van der Waals surface area (Å²) >= 11 is 0. The van der Waals surface area contributed by atoms with E-state index in [1.165, 1.54) is 16.8 Å². The molecule has 1 fully saturated rings. The first kappa shape index (κ1) is 18.5. The second kappa shape index (κ2) is 6.06. The number of nitrogens with one attached hydrogen (secondary N) is 2. The fraction of sp³-hybridized carbons (Fsp3) is 0.389. The first-order valence-corrected chi connectivity index (χ1v) is 8.66. The zero-order chi connectivity index (χ0) is 20.3. The van der Waals surface area contributed by atoms with Crippen LogP contribution in [0.25, 0.3) is 11.0 Å². The summed E-state index contributed by atoms with van der Waals surface area (Å²) in [4.78, 5) is 28.6. The number of fused-ring (bicyclic) bond motifs is 1. The summed E-state index contributed by atoms with van der Waals surface area (Å²) in [7, 11) is 0. The Morgan fingerprint density at radius 1 is 1.21 bits per heavy atom. The predicted octanol–water partition coefficient (Wildman–Crippen LogP) is 2.31. The van der Waals surface area contributed by atoms with Crippen molar-refractivity contribution in [3.8, 4) is 0 Å². The number of nitrogens with zero attached hydrogens (tertiary/aromatic N) is 2. The van der Waals surface area contributed by atoms with E-state index in [2.05, 4.69) is 15.1 Å². The van der Waals surface area contributed by atoms with E-state index in [9.17, 15) is 27.9 Å². The molecule has 10 heteroatoms. The molecule has 4 rings (SSSR count). The van der Waals surface area contributed by atoms with Crippen LogP contribution in [0.2, 0.25) is 0 Å². The van der Waals surface area contributed by atoms with Crippen molar-refractivity contribution in [2.45, 2.75) is 38.6 Å². The van der Waals surface area contributed by atoms with Crippen LogP contribution in [0.1, 0.15) is 42.6 Å². The van der Waals surface area contributed by atoms with Crippen molar-refractivity contribution in [2.75, 3.05) is 0 Å². The molecule has 2 aromatic heterocycles. The molecule has 1 saturated carbocycles. The molecule has 1 aromatic carbocycles. The quantitative estimate of drug-likeness (QED) is 0.632. The van der Waals surface area contributed by atoms with Gasteiger partial charge in [0.15, 0.2) is 0 Å². The number of hydrogen-bond donors (Lipinski definition) is 3. The highest BCUT2D eigenvalue weighted by Crippen LogP contribution is 2.56. The molecular formula is C18H17F3N4O3. The van der Waals surface area contributed by atoms with Gasteiger partial charge in [0.25, 0.3) is 5.56 Å². The lowest BCUT2D eigenvalue weighted by Crippen LogP contribution is -2.25. The standard InChI is InChI=1S/C18H17F3N4O3/c1-17(6-7-17)13(9-2-4-10(5-3-9)18(19,20)21)25-14-12(11(8-26)24-25)15(27)23-16(28)22-14/h2-5,13,26H,6-8H2,1H3,(H2,22,23,27,28). The summed E-state index contributed by atoms with van der Waals surface area (Å²) in [5.41, 5.74) is -1.67. The molecule has 0 bridgehead atoms. The van der Waals surface area contributed by atoms with Gasteiger partial charge in [-0.1, -0.05) is 19.1 Å². The molecule has 3 N–H and O–H groups in total.